The van der Waals surface area contributed by atoms with Gasteiger partial charge < -0.3 is 20.4 Å². The van der Waals surface area contributed by atoms with Crippen LogP contribution in [0.2, 0.25) is 0 Å². The summed E-state index contributed by atoms with van der Waals surface area (Å²) in [7, 11) is 0. The molecule has 146 valence electrons. The summed E-state index contributed by atoms with van der Waals surface area (Å²) in [6.07, 6.45) is 2.63. The van der Waals surface area contributed by atoms with Gasteiger partial charge in [-0.2, -0.15) is 0 Å². The second-order valence-corrected chi connectivity index (χ2v) is 7.37. The molecule has 0 aliphatic carbocycles. The number of hydrogen-bond donors (Lipinski definition) is 2. The van der Waals surface area contributed by atoms with Crippen LogP contribution >= 0.6 is 0 Å². The van der Waals surface area contributed by atoms with E-state index >= 15 is 0 Å². The van der Waals surface area contributed by atoms with Gasteiger partial charge in [-0.1, -0.05) is 30.3 Å². The van der Waals surface area contributed by atoms with Crippen LogP contribution < -0.4 is 15.8 Å². The fourth-order valence-corrected chi connectivity index (χ4v) is 4.25. The van der Waals surface area contributed by atoms with E-state index in [0.29, 0.717) is 11.9 Å². The number of nitrogens with two attached hydrogens (primary N) is 1. The van der Waals surface area contributed by atoms with Crippen molar-refractivity contribution in [2.75, 3.05) is 18.8 Å². The Morgan fingerprint density at radius 2 is 1.79 bits per heavy atom. The van der Waals surface area contributed by atoms with Gasteiger partial charge in [0.2, 0.25) is 0 Å². The molecule has 5 rings (SSSR count). The van der Waals surface area contributed by atoms with Crippen molar-refractivity contribution < 1.29 is 4.74 Å². The summed E-state index contributed by atoms with van der Waals surface area (Å²) in [5, 5.41) is 4.37. The largest absolute Gasteiger partial charge is 0.457 e. The van der Waals surface area contributed by atoms with Gasteiger partial charge in [-0.25, -0.2) is 9.97 Å². The molecule has 3 N–H and O–H groups in total. The molecule has 3 heterocycles. The third-order valence-corrected chi connectivity index (χ3v) is 5.58. The lowest BCUT2D eigenvalue weighted by Crippen LogP contribution is -2.14. The van der Waals surface area contributed by atoms with E-state index in [9.17, 15) is 0 Å². The lowest BCUT2D eigenvalue weighted by molar-refractivity contribution is 0.483. The molecule has 1 unspecified atom stereocenters. The summed E-state index contributed by atoms with van der Waals surface area (Å²) in [6.45, 7) is 4.10. The van der Waals surface area contributed by atoms with Gasteiger partial charge in [-0.05, 0) is 49.7 Å². The lowest BCUT2D eigenvalue weighted by Gasteiger charge is -2.15. The number of nitrogens with one attached hydrogen (secondary N) is 1. The molecule has 1 aliphatic rings. The van der Waals surface area contributed by atoms with E-state index < -0.39 is 0 Å². The molecule has 0 bridgehead atoms. The van der Waals surface area contributed by atoms with Crippen molar-refractivity contribution in [2.24, 2.45) is 0 Å². The molecule has 29 heavy (non-hydrogen) atoms. The van der Waals surface area contributed by atoms with Crippen molar-refractivity contribution in [3.8, 4) is 22.6 Å². The van der Waals surface area contributed by atoms with Crippen LogP contribution in [0.3, 0.4) is 0 Å². The van der Waals surface area contributed by atoms with Crippen molar-refractivity contribution in [3.05, 3.63) is 66.6 Å². The first-order valence-corrected chi connectivity index (χ1v) is 9.87. The average Bonchev–Trinajstić information content (AvgIpc) is 3.36. The number of rotatable bonds is 4. The summed E-state index contributed by atoms with van der Waals surface area (Å²) in [6, 6.07) is 18.3. The highest BCUT2D eigenvalue weighted by Crippen LogP contribution is 2.39. The number of benzene rings is 2. The molecule has 0 spiro atoms. The zero-order valence-corrected chi connectivity index (χ0v) is 16.3. The first-order valence-electron chi connectivity index (χ1n) is 9.87. The van der Waals surface area contributed by atoms with Crippen LogP contribution in [0.25, 0.3) is 22.2 Å². The Labute approximate surface area is 169 Å². The third kappa shape index (κ3) is 3.11. The van der Waals surface area contributed by atoms with E-state index in [-0.39, 0.29) is 0 Å². The molecule has 0 radical (unpaired) electrons. The fourth-order valence-electron chi connectivity index (χ4n) is 4.25. The Morgan fingerprint density at radius 3 is 2.52 bits per heavy atom. The van der Waals surface area contributed by atoms with Gasteiger partial charge in [0.15, 0.2) is 0 Å². The van der Waals surface area contributed by atoms with E-state index in [2.05, 4.69) is 38.9 Å². The minimum atomic E-state index is 0.376. The van der Waals surface area contributed by atoms with Gasteiger partial charge in [0.25, 0.3) is 0 Å². The normalized spacial score (nSPS) is 16.4. The van der Waals surface area contributed by atoms with Crippen molar-refractivity contribution >= 4 is 16.9 Å². The maximum atomic E-state index is 6.30. The molecular weight excluding hydrogens is 362 g/mol. The highest BCUT2D eigenvalue weighted by molar-refractivity contribution is 6.02. The summed E-state index contributed by atoms with van der Waals surface area (Å²) in [5.41, 5.74) is 10.5. The van der Waals surface area contributed by atoms with E-state index in [0.717, 1.165) is 58.9 Å². The molecule has 1 aliphatic heterocycles. The number of nitrogens with zero attached hydrogens (tertiary/aromatic N) is 3. The Bertz CT molecular complexity index is 1150. The van der Waals surface area contributed by atoms with Gasteiger partial charge >= 0.3 is 0 Å². The highest BCUT2D eigenvalue weighted by Gasteiger charge is 2.26. The van der Waals surface area contributed by atoms with Gasteiger partial charge in [0.1, 0.15) is 29.3 Å². The number of fused-ring (bicyclic) bond motifs is 1. The van der Waals surface area contributed by atoms with Crippen molar-refractivity contribution in [1.82, 2.24) is 19.9 Å². The van der Waals surface area contributed by atoms with Crippen LogP contribution in [0, 0.1) is 6.92 Å². The SMILES string of the molecule is Cc1c(-c2ccc(Oc3ccccc3)cc2)c2c(N)ncnc2n1C1CCNC1. The van der Waals surface area contributed by atoms with Gasteiger partial charge in [0, 0.05) is 23.8 Å². The average molecular weight is 385 g/mol. The molecule has 1 atom stereocenters. The van der Waals surface area contributed by atoms with Crippen molar-refractivity contribution in [2.45, 2.75) is 19.4 Å². The van der Waals surface area contributed by atoms with E-state index in [4.69, 9.17) is 10.5 Å². The molecule has 6 heteroatoms. The smallest absolute Gasteiger partial charge is 0.146 e. The minimum Gasteiger partial charge on any atom is -0.457 e. The number of aromatic nitrogens is 3. The summed E-state index contributed by atoms with van der Waals surface area (Å²) in [5.74, 6) is 2.13. The molecule has 1 saturated heterocycles. The molecule has 6 nitrogen and oxygen atoms in total. The van der Waals surface area contributed by atoms with Crippen LogP contribution in [-0.2, 0) is 0 Å². The van der Waals surface area contributed by atoms with E-state index in [1.807, 2.05) is 42.5 Å². The summed E-state index contributed by atoms with van der Waals surface area (Å²) in [4.78, 5) is 8.85. The molecule has 2 aromatic carbocycles. The minimum absolute atomic E-state index is 0.376. The van der Waals surface area contributed by atoms with Crippen LogP contribution in [0.15, 0.2) is 60.9 Å². The van der Waals surface area contributed by atoms with Crippen LogP contribution in [0.1, 0.15) is 18.2 Å². The monoisotopic (exact) mass is 385 g/mol. The summed E-state index contributed by atoms with van der Waals surface area (Å²) < 4.78 is 8.25. The summed E-state index contributed by atoms with van der Waals surface area (Å²) >= 11 is 0. The Balaban J connectivity index is 1.59. The van der Waals surface area contributed by atoms with Crippen LogP contribution in [0.5, 0.6) is 11.5 Å². The first kappa shape index (κ1) is 17.7. The molecule has 4 aromatic rings. The lowest BCUT2D eigenvalue weighted by atomic mass is 10.0. The molecule has 0 saturated carbocycles. The maximum absolute atomic E-state index is 6.30. The van der Waals surface area contributed by atoms with E-state index in [1.165, 1.54) is 0 Å². The Morgan fingerprint density at radius 1 is 1.03 bits per heavy atom. The van der Waals surface area contributed by atoms with Crippen LogP contribution in [0.4, 0.5) is 5.82 Å². The fraction of sp³-hybridized carbons (Fsp3) is 0.217. The zero-order valence-electron chi connectivity index (χ0n) is 16.3. The molecule has 0 amide bonds. The quantitative estimate of drug-likeness (QED) is 0.547. The Kier molecular flexibility index (Phi) is 4.41. The van der Waals surface area contributed by atoms with Crippen LogP contribution in [-0.4, -0.2) is 27.6 Å². The van der Waals surface area contributed by atoms with Crippen molar-refractivity contribution in [3.63, 3.8) is 0 Å². The molecular formula is C23H23N5O. The third-order valence-electron chi connectivity index (χ3n) is 5.58. The van der Waals surface area contributed by atoms with Gasteiger partial charge in [-0.3, -0.25) is 0 Å². The number of ether oxygens (including phenoxy) is 1. The Hall–Kier alpha value is -3.38. The standard InChI is InChI=1S/C23H23N5O/c1-15-20(16-7-9-19(10-8-16)29-18-5-3-2-4-6-18)21-22(24)26-14-27-23(21)28(15)17-11-12-25-13-17/h2-10,14,17,25H,11-13H2,1H3,(H2,24,26,27). The zero-order chi connectivity index (χ0) is 19.8. The second kappa shape index (κ2) is 7.22. The molecule has 1 fully saturated rings. The predicted octanol–water partition coefficient (Wildman–Crippen LogP) is 4.32. The van der Waals surface area contributed by atoms with Crippen molar-refractivity contribution in [1.29, 1.82) is 0 Å². The van der Waals surface area contributed by atoms with Gasteiger partial charge in [0.05, 0.1) is 5.39 Å². The van der Waals surface area contributed by atoms with Gasteiger partial charge in [-0.15, -0.1) is 0 Å². The number of nitrogen functional groups attached to an aromatic ring is 1. The van der Waals surface area contributed by atoms with E-state index in [1.54, 1.807) is 6.33 Å². The maximum Gasteiger partial charge on any atom is 0.146 e. The topological polar surface area (TPSA) is 78.0 Å². The number of hydrogen-bond acceptors (Lipinski definition) is 5. The highest BCUT2D eigenvalue weighted by atomic mass is 16.5. The number of anilines is 1. The second-order valence-electron chi connectivity index (χ2n) is 7.37. The number of para-hydroxylation sites is 1. The predicted molar refractivity (Wildman–Crippen MR) is 115 cm³/mol. The first-order chi connectivity index (χ1) is 14.2. The molecule has 2 aromatic heterocycles.